The van der Waals surface area contributed by atoms with Gasteiger partial charge in [0.05, 0.1) is 6.54 Å². The third kappa shape index (κ3) is 3.30. The first-order valence-electron chi connectivity index (χ1n) is 6.16. The van der Waals surface area contributed by atoms with E-state index >= 15 is 0 Å². The predicted octanol–water partition coefficient (Wildman–Crippen LogP) is 2.09. The van der Waals surface area contributed by atoms with Crippen molar-refractivity contribution in [3.8, 4) is 0 Å². The van der Waals surface area contributed by atoms with E-state index < -0.39 is 5.97 Å². The van der Waals surface area contributed by atoms with Crippen LogP contribution in [0.2, 0.25) is 0 Å². The second kappa shape index (κ2) is 5.32. The van der Waals surface area contributed by atoms with Gasteiger partial charge in [0.1, 0.15) is 0 Å². The quantitative estimate of drug-likeness (QED) is 0.865. The van der Waals surface area contributed by atoms with E-state index in [-0.39, 0.29) is 6.54 Å². The first-order valence-corrected chi connectivity index (χ1v) is 6.16. The Labute approximate surface area is 102 Å². The third-order valence-electron chi connectivity index (χ3n) is 3.43. The zero-order chi connectivity index (χ0) is 12.3. The molecule has 0 radical (unpaired) electrons. The highest BCUT2D eigenvalue weighted by Crippen LogP contribution is 2.20. The largest absolute Gasteiger partial charge is 0.480 e. The van der Waals surface area contributed by atoms with Gasteiger partial charge in [-0.2, -0.15) is 0 Å². The zero-order valence-electron chi connectivity index (χ0n) is 10.2. The molecule has 0 saturated carbocycles. The molecule has 92 valence electrons. The molecular formula is C14H19NO2. The molecule has 1 fully saturated rings. The number of rotatable bonds is 4. The third-order valence-corrected chi connectivity index (χ3v) is 3.43. The minimum absolute atomic E-state index is 0.177. The molecule has 0 bridgehead atoms. The van der Waals surface area contributed by atoms with Crippen molar-refractivity contribution in [2.45, 2.75) is 32.2 Å². The molecule has 1 aliphatic heterocycles. The molecule has 0 spiro atoms. The summed E-state index contributed by atoms with van der Waals surface area (Å²) in [6.07, 6.45) is 3.19. The molecular weight excluding hydrogens is 214 g/mol. The average Bonchev–Trinajstić information content (AvgIpc) is 2.68. The van der Waals surface area contributed by atoms with Gasteiger partial charge < -0.3 is 5.11 Å². The maximum Gasteiger partial charge on any atom is 0.317 e. The van der Waals surface area contributed by atoms with Gasteiger partial charge in [0.25, 0.3) is 0 Å². The van der Waals surface area contributed by atoms with Crippen LogP contribution in [0.4, 0.5) is 0 Å². The van der Waals surface area contributed by atoms with Gasteiger partial charge in [-0.25, -0.2) is 0 Å². The van der Waals surface area contributed by atoms with Crippen LogP contribution in [0, 0.1) is 6.92 Å². The van der Waals surface area contributed by atoms with Gasteiger partial charge in [-0.1, -0.05) is 29.8 Å². The van der Waals surface area contributed by atoms with Crippen LogP contribution in [0.3, 0.4) is 0 Å². The minimum Gasteiger partial charge on any atom is -0.480 e. The smallest absolute Gasteiger partial charge is 0.317 e. The van der Waals surface area contributed by atoms with E-state index in [9.17, 15) is 4.79 Å². The second-order valence-electron chi connectivity index (χ2n) is 4.85. The molecule has 1 aromatic carbocycles. The number of nitrogens with zero attached hydrogens (tertiary/aromatic N) is 1. The van der Waals surface area contributed by atoms with Crippen LogP contribution >= 0.6 is 0 Å². The van der Waals surface area contributed by atoms with Crippen molar-refractivity contribution in [2.24, 2.45) is 0 Å². The van der Waals surface area contributed by atoms with Gasteiger partial charge in [-0.3, -0.25) is 9.69 Å². The van der Waals surface area contributed by atoms with Crippen molar-refractivity contribution in [3.05, 3.63) is 35.4 Å². The van der Waals surface area contributed by atoms with E-state index in [2.05, 4.69) is 36.1 Å². The lowest BCUT2D eigenvalue weighted by Crippen LogP contribution is -2.35. The molecule has 1 unspecified atom stereocenters. The maximum absolute atomic E-state index is 10.8. The lowest BCUT2D eigenvalue weighted by Gasteiger charge is -2.22. The van der Waals surface area contributed by atoms with Crippen molar-refractivity contribution in [1.29, 1.82) is 0 Å². The number of aryl methyl sites for hydroxylation is 1. The van der Waals surface area contributed by atoms with Crippen LogP contribution in [-0.2, 0) is 11.2 Å². The summed E-state index contributed by atoms with van der Waals surface area (Å²) in [7, 11) is 0. The van der Waals surface area contributed by atoms with E-state index in [4.69, 9.17) is 5.11 Å². The molecule has 0 amide bonds. The zero-order valence-corrected chi connectivity index (χ0v) is 10.2. The summed E-state index contributed by atoms with van der Waals surface area (Å²) in [6, 6.07) is 8.92. The summed E-state index contributed by atoms with van der Waals surface area (Å²) in [6.45, 7) is 3.18. The molecule has 1 N–H and O–H groups in total. The molecule has 17 heavy (non-hydrogen) atoms. The molecule has 1 atom stereocenters. The number of hydrogen-bond donors (Lipinski definition) is 1. The Bertz CT molecular complexity index is 386. The van der Waals surface area contributed by atoms with Crippen LogP contribution in [0.25, 0.3) is 0 Å². The maximum atomic E-state index is 10.8. The summed E-state index contributed by atoms with van der Waals surface area (Å²) in [5.74, 6) is -0.721. The normalized spacial score (nSPS) is 20.6. The second-order valence-corrected chi connectivity index (χ2v) is 4.85. The fraction of sp³-hybridized carbons (Fsp3) is 0.500. The molecule has 1 aliphatic rings. The van der Waals surface area contributed by atoms with E-state index in [0.29, 0.717) is 6.04 Å². The molecule has 2 rings (SSSR count). The SMILES string of the molecule is Cc1ccc(CC2CCCN2CC(=O)O)cc1. The van der Waals surface area contributed by atoms with Gasteiger partial charge in [-0.15, -0.1) is 0 Å². The predicted molar refractivity (Wildman–Crippen MR) is 67.1 cm³/mol. The highest BCUT2D eigenvalue weighted by molar-refractivity contribution is 5.69. The summed E-state index contributed by atoms with van der Waals surface area (Å²) in [5, 5.41) is 8.85. The van der Waals surface area contributed by atoms with Crippen LogP contribution in [-0.4, -0.2) is 35.1 Å². The molecule has 1 saturated heterocycles. The molecule has 0 aliphatic carbocycles. The number of carboxylic acid groups (broad SMARTS) is 1. The molecule has 0 aromatic heterocycles. The Morgan fingerprint density at radius 3 is 2.76 bits per heavy atom. The van der Waals surface area contributed by atoms with Crippen molar-refractivity contribution >= 4 is 5.97 Å². The van der Waals surface area contributed by atoms with Crippen molar-refractivity contribution < 1.29 is 9.90 Å². The Hall–Kier alpha value is -1.35. The summed E-state index contributed by atoms with van der Waals surface area (Å²) >= 11 is 0. The van der Waals surface area contributed by atoms with Gasteiger partial charge in [-0.05, 0) is 38.3 Å². The van der Waals surface area contributed by atoms with Crippen LogP contribution in [0.5, 0.6) is 0 Å². The van der Waals surface area contributed by atoms with Crippen LogP contribution in [0.1, 0.15) is 24.0 Å². The van der Waals surface area contributed by atoms with Gasteiger partial charge in [0.2, 0.25) is 0 Å². The first-order chi connectivity index (χ1) is 8.15. The number of hydrogen-bond acceptors (Lipinski definition) is 2. The molecule has 1 aromatic rings. The number of carboxylic acids is 1. The minimum atomic E-state index is -0.721. The summed E-state index contributed by atoms with van der Waals surface area (Å²) in [4.78, 5) is 12.8. The molecule has 3 nitrogen and oxygen atoms in total. The van der Waals surface area contributed by atoms with Gasteiger partial charge in [0, 0.05) is 6.04 Å². The van der Waals surface area contributed by atoms with Gasteiger partial charge >= 0.3 is 5.97 Å². The fourth-order valence-corrected chi connectivity index (χ4v) is 2.50. The van der Waals surface area contributed by atoms with E-state index in [1.165, 1.54) is 11.1 Å². The average molecular weight is 233 g/mol. The Balaban J connectivity index is 1.97. The topological polar surface area (TPSA) is 40.5 Å². The fourth-order valence-electron chi connectivity index (χ4n) is 2.50. The van der Waals surface area contributed by atoms with Crippen LogP contribution < -0.4 is 0 Å². The van der Waals surface area contributed by atoms with Crippen LogP contribution in [0.15, 0.2) is 24.3 Å². The Morgan fingerprint density at radius 1 is 1.41 bits per heavy atom. The van der Waals surface area contributed by atoms with E-state index in [1.807, 2.05) is 0 Å². The highest BCUT2D eigenvalue weighted by atomic mass is 16.4. The van der Waals surface area contributed by atoms with Gasteiger partial charge in [0.15, 0.2) is 0 Å². The van der Waals surface area contributed by atoms with Crippen molar-refractivity contribution in [2.75, 3.05) is 13.1 Å². The monoisotopic (exact) mass is 233 g/mol. The number of carbonyl (C=O) groups is 1. The first kappa shape index (κ1) is 12.1. The van der Waals surface area contributed by atoms with E-state index in [1.54, 1.807) is 0 Å². The Kier molecular flexibility index (Phi) is 3.79. The molecule has 1 heterocycles. The van der Waals surface area contributed by atoms with Crippen molar-refractivity contribution in [3.63, 3.8) is 0 Å². The standard InChI is InChI=1S/C14H19NO2/c1-11-4-6-12(7-5-11)9-13-3-2-8-15(13)10-14(16)17/h4-7,13H,2-3,8-10H2,1H3,(H,16,17). The molecule has 3 heteroatoms. The summed E-state index contributed by atoms with van der Waals surface area (Å²) < 4.78 is 0. The number of aliphatic carboxylic acids is 1. The number of likely N-dealkylation sites (tertiary alicyclic amines) is 1. The number of benzene rings is 1. The Morgan fingerprint density at radius 2 is 2.12 bits per heavy atom. The van der Waals surface area contributed by atoms with Crippen molar-refractivity contribution in [1.82, 2.24) is 4.90 Å². The summed E-state index contributed by atoms with van der Waals surface area (Å²) in [5.41, 5.74) is 2.57. The highest BCUT2D eigenvalue weighted by Gasteiger charge is 2.25. The lowest BCUT2D eigenvalue weighted by atomic mass is 10.0. The van der Waals surface area contributed by atoms with E-state index in [0.717, 1.165) is 25.8 Å². The lowest BCUT2D eigenvalue weighted by molar-refractivity contribution is -0.138.